The normalized spacial score (nSPS) is 18.6. The first-order valence-corrected chi connectivity index (χ1v) is 10.4. The maximum absolute atomic E-state index is 13.1. The van der Waals surface area contributed by atoms with Crippen molar-refractivity contribution in [3.63, 3.8) is 0 Å². The topological polar surface area (TPSA) is 53.9 Å². The highest BCUT2D eigenvalue weighted by Gasteiger charge is 2.28. The second kappa shape index (κ2) is 9.76. The van der Waals surface area contributed by atoms with Crippen LogP contribution in [0.2, 0.25) is 10.0 Å². The fourth-order valence-corrected chi connectivity index (χ4v) is 4.19. The van der Waals surface area contributed by atoms with Crippen molar-refractivity contribution in [2.24, 2.45) is 11.0 Å². The summed E-state index contributed by atoms with van der Waals surface area (Å²) in [7, 11) is 1.67. The van der Waals surface area contributed by atoms with E-state index in [-0.39, 0.29) is 11.8 Å². The maximum atomic E-state index is 13.1. The van der Waals surface area contributed by atoms with Crippen LogP contribution in [0, 0.1) is 5.92 Å². The number of methoxy groups -OCH3 is 1. The molecule has 1 aliphatic carbocycles. The monoisotopic (exact) mass is 411 g/mol. The molecule has 0 spiro atoms. The molecule has 1 aromatic carbocycles. The van der Waals surface area contributed by atoms with E-state index >= 15 is 0 Å². The zero-order valence-corrected chi connectivity index (χ0v) is 17.2. The van der Waals surface area contributed by atoms with E-state index in [1.54, 1.807) is 13.2 Å². The third kappa shape index (κ3) is 5.59. The molecule has 3 rings (SSSR count). The van der Waals surface area contributed by atoms with Crippen LogP contribution in [0.25, 0.3) is 0 Å². The average molecular weight is 412 g/mol. The largest absolute Gasteiger partial charge is 0.383 e. The molecule has 7 heteroatoms. The van der Waals surface area contributed by atoms with Gasteiger partial charge in [0.15, 0.2) is 0 Å². The van der Waals surface area contributed by atoms with Gasteiger partial charge in [0.2, 0.25) is 5.91 Å². The Morgan fingerprint density at radius 3 is 2.81 bits per heavy atom. The SMILES string of the molecule is COCCN1CCC(NC(=O)[C@H](CC2CCCC2)c2ccc(Cl)c(Cl)c2)=N1. The third-order valence-corrected chi connectivity index (χ3v) is 6.14. The minimum Gasteiger partial charge on any atom is -0.383 e. The molecule has 1 aromatic rings. The molecule has 1 atom stereocenters. The molecule has 1 amide bonds. The number of amides is 1. The molecule has 0 unspecified atom stereocenters. The van der Waals surface area contributed by atoms with Crippen molar-refractivity contribution in [3.05, 3.63) is 33.8 Å². The Labute approximate surface area is 171 Å². The van der Waals surface area contributed by atoms with Gasteiger partial charge in [-0.3, -0.25) is 9.80 Å². The van der Waals surface area contributed by atoms with E-state index in [2.05, 4.69) is 10.4 Å². The lowest BCUT2D eigenvalue weighted by Crippen LogP contribution is -2.34. The Balaban J connectivity index is 1.71. The summed E-state index contributed by atoms with van der Waals surface area (Å²) in [6.45, 7) is 2.16. The number of halogens is 2. The molecule has 0 aromatic heterocycles. The summed E-state index contributed by atoms with van der Waals surface area (Å²) in [4.78, 5) is 13.1. The number of nitrogens with zero attached hydrogens (tertiary/aromatic N) is 2. The molecule has 0 bridgehead atoms. The van der Waals surface area contributed by atoms with Crippen molar-refractivity contribution in [2.75, 3.05) is 26.8 Å². The molecule has 1 aliphatic heterocycles. The van der Waals surface area contributed by atoms with Gasteiger partial charge in [-0.1, -0.05) is 55.0 Å². The van der Waals surface area contributed by atoms with Crippen molar-refractivity contribution in [1.82, 2.24) is 10.3 Å². The van der Waals surface area contributed by atoms with Crippen molar-refractivity contribution < 1.29 is 9.53 Å². The number of hydrazone groups is 1. The van der Waals surface area contributed by atoms with Gasteiger partial charge < -0.3 is 10.1 Å². The van der Waals surface area contributed by atoms with E-state index in [9.17, 15) is 4.79 Å². The number of carbonyl (C=O) groups is 1. The number of amidine groups is 1. The molecular weight excluding hydrogens is 385 g/mol. The van der Waals surface area contributed by atoms with Crippen molar-refractivity contribution in [1.29, 1.82) is 0 Å². The third-order valence-electron chi connectivity index (χ3n) is 5.40. The van der Waals surface area contributed by atoms with Crippen LogP contribution in [-0.4, -0.2) is 43.6 Å². The highest BCUT2D eigenvalue weighted by molar-refractivity contribution is 6.42. The smallest absolute Gasteiger partial charge is 0.232 e. The van der Waals surface area contributed by atoms with Crippen LogP contribution in [-0.2, 0) is 9.53 Å². The minimum absolute atomic E-state index is 0.00682. The zero-order valence-electron chi connectivity index (χ0n) is 15.7. The second-order valence-electron chi connectivity index (χ2n) is 7.34. The Morgan fingerprint density at radius 1 is 1.33 bits per heavy atom. The molecule has 0 saturated heterocycles. The summed E-state index contributed by atoms with van der Waals surface area (Å²) in [6.07, 6.45) is 6.47. The maximum Gasteiger partial charge on any atom is 0.232 e. The van der Waals surface area contributed by atoms with E-state index < -0.39 is 0 Å². The molecular formula is C20H27Cl2N3O2. The minimum atomic E-state index is -0.237. The van der Waals surface area contributed by atoms with Crippen LogP contribution in [0.4, 0.5) is 0 Å². The van der Waals surface area contributed by atoms with E-state index in [0.29, 0.717) is 22.6 Å². The molecule has 1 saturated carbocycles. The predicted molar refractivity (Wildman–Crippen MR) is 109 cm³/mol. The molecule has 0 radical (unpaired) electrons. The van der Waals surface area contributed by atoms with Crippen molar-refractivity contribution >= 4 is 34.9 Å². The average Bonchev–Trinajstić information content (AvgIpc) is 3.32. The molecule has 1 N–H and O–H groups in total. The van der Waals surface area contributed by atoms with Crippen LogP contribution in [0.5, 0.6) is 0 Å². The van der Waals surface area contributed by atoms with E-state index in [1.165, 1.54) is 25.7 Å². The number of carbonyl (C=O) groups excluding carboxylic acids is 1. The summed E-state index contributed by atoms with van der Waals surface area (Å²) < 4.78 is 5.09. The fourth-order valence-electron chi connectivity index (χ4n) is 3.88. The Bertz CT molecular complexity index is 690. The predicted octanol–water partition coefficient (Wildman–Crippen LogP) is 4.44. The van der Waals surface area contributed by atoms with Crippen LogP contribution < -0.4 is 5.32 Å². The lowest BCUT2D eigenvalue weighted by Gasteiger charge is -2.21. The summed E-state index contributed by atoms with van der Waals surface area (Å²) in [5.74, 6) is 1.07. The van der Waals surface area contributed by atoms with Gasteiger partial charge in [-0.15, -0.1) is 0 Å². The Kier molecular flexibility index (Phi) is 7.39. The van der Waals surface area contributed by atoms with Crippen molar-refractivity contribution in [2.45, 2.75) is 44.4 Å². The van der Waals surface area contributed by atoms with Crippen LogP contribution >= 0.6 is 23.2 Å². The number of benzene rings is 1. The van der Waals surface area contributed by atoms with Gasteiger partial charge in [-0.2, -0.15) is 5.10 Å². The lowest BCUT2D eigenvalue weighted by atomic mass is 9.87. The summed E-state index contributed by atoms with van der Waals surface area (Å²) >= 11 is 12.3. The quantitative estimate of drug-likeness (QED) is 0.721. The van der Waals surface area contributed by atoms with E-state index in [0.717, 1.165) is 37.3 Å². The standard InChI is InChI=1S/C20H27Cl2N3O2/c1-27-11-10-25-9-8-19(24-25)23-20(26)16(12-14-4-2-3-5-14)15-6-7-17(21)18(22)13-15/h6-7,13-14,16H,2-5,8-12H2,1H3,(H,23,24,26)/t16-/m1/s1. The van der Waals surface area contributed by atoms with Crippen LogP contribution in [0.1, 0.15) is 50.0 Å². The summed E-state index contributed by atoms with van der Waals surface area (Å²) in [5.41, 5.74) is 0.920. The number of ether oxygens (including phenoxy) is 1. The highest BCUT2D eigenvalue weighted by atomic mass is 35.5. The van der Waals surface area contributed by atoms with Gasteiger partial charge >= 0.3 is 0 Å². The first-order valence-electron chi connectivity index (χ1n) is 9.64. The molecule has 5 nitrogen and oxygen atoms in total. The number of hydrogen-bond acceptors (Lipinski definition) is 4. The van der Waals surface area contributed by atoms with E-state index in [4.69, 9.17) is 27.9 Å². The summed E-state index contributed by atoms with van der Waals surface area (Å²) in [5, 5.41) is 10.5. The molecule has 2 aliphatic rings. The molecule has 1 heterocycles. The van der Waals surface area contributed by atoms with Crippen LogP contribution in [0.3, 0.4) is 0 Å². The van der Waals surface area contributed by atoms with Gasteiger partial charge in [0.1, 0.15) is 5.84 Å². The van der Waals surface area contributed by atoms with Gasteiger partial charge in [-0.25, -0.2) is 0 Å². The first kappa shape index (κ1) is 20.4. The first-order chi connectivity index (χ1) is 13.1. The van der Waals surface area contributed by atoms with Gasteiger partial charge in [0.25, 0.3) is 0 Å². The number of nitrogens with one attached hydrogen (secondary N) is 1. The highest BCUT2D eigenvalue weighted by Crippen LogP contribution is 2.36. The zero-order chi connectivity index (χ0) is 19.2. The number of rotatable bonds is 7. The lowest BCUT2D eigenvalue weighted by molar-refractivity contribution is -0.121. The van der Waals surface area contributed by atoms with Crippen molar-refractivity contribution in [3.8, 4) is 0 Å². The second-order valence-corrected chi connectivity index (χ2v) is 8.16. The van der Waals surface area contributed by atoms with Crippen LogP contribution in [0.15, 0.2) is 23.3 Å². The summed E-state index contributed by atoms with van der Waals surface area (Å²) in [6, 6.07) is 5.51. The molecule has 148 valence electrons. The fraction of sp³-hybridized carbons (Fsp3) is 0.600. The Morgan fingerprint density at radius 2 is 2.11 bits per heavy atom. The van der Waals surface area contributed by atoms with Gasteiger partial charge in [-0.05, 0) is 30.0 Å². The van der Waals surface area contributed by atoms with Gasteiger partial charge in [0.05, 0.1) is 29.1 Å². The number of hydrogen-bond donors (Lipinski definition) is 1. The Hall–Kier alpha value is -1.30. The van der Waals surface area contributed by atoms with E-state index in [1.807, 2.05) is 17.1 Å². The molecule has 1 fully saturated rings. The molecule has 27 heavy (non-hydrogen) atoms. The van der Waals surface area contributed by atoms with Gasteiger partial charge in [0, 0.05) is 20.1 Å².